The van der Waals surface area contributed by atoms with Crippen molar-refractivity contribution in [1.82, 2.24) is 9.80 Å². The van der Waals surface area contributed by atoms with Gasteiger partial charge in [0.2, 0.25) is 0 Å². The molecule has 1 aliphatic heterocycles. The van der Waals surface area contributed by atoms with E-state index in [1.54, 1.807) is 0 Å². The highest BCUT2D eigenvalue weighted by atomic mass is 35.5. The van der Waals surface area contributed by atoms with Gasteiger partial charge in [-0.1, -0.05) is 48.0 Å². The fraction of sp³-hybridized carbons (Fsp3) is 0.300. The van der Waals surface area contributed by atoms with Gasteiger partial charge in [-0.05, 0) is 47.6 Å². The maximum Gasteiger partial charge on any atom is 0.0899 e. The lowest BCUT2D eigenvalue weighted by Crippen LogP contribution is -2.28. The van der Waals surface area contributed by atoms with Gasteiger partial charge in [0, 0.05) is 24.5 Å². The number of benzene rings is 2. The minimum absolute atomic E-state index is 0.163. The second-order valence-corrected chi connectivity index (χ2v) is 6.92. The summed E-state index contributed by atoms with van der Waals surface area (Å²) in [5.41, 5.74) is 5.53. The van der Waals surface area contributed by atoms with E-state index in [4.69, 9.17) is 11.6 Å². The standard InChI is InChI=1S/C20H21ClN2/c1-22-11-12-23(14-22)20(18-7-2-3-8-19(18)21)17-10-9-15-5-4-6-16(15)13-17/h2-3,7-13,20H,4-6,14H2,1H3. The molecular weight excluding hydrogens is 304 g/mol. The summed E-state index contributed by atoms with van der Waals surface area (Å²) in [4.78, 5) is 4.55. The quantitative estimate of drug-likeness (QED) is 0.814. The van der Waals surface area contributed by atoms with E-state index in [1.807, 2.05) is 12.1 Å². The minimum atomic E-state index is 0.163. The van der Waals surface area contributed by atoms with Gasteiger partial charge in [-0.15, -0.1) is 0 Å². The van der Waals surface area contributed by atoms with Crippen molar-refractivity contribution in [2.45, 2.75) is 25.3 Å². The Morgan fingerprint density at radius 3 is 2.61 bits per heavy atom. The average Bonchev–Trinajstić information content (AvgIpc) is 3.18. The highest BCUT2D eigenvalue weighted by Gasteiger charge is 2.26. The van der Waals surface area contributed by atoms with Gasteiger partial charge >= 0.3 is 0 Å². The van der Waals surface area contributed by atoms with E-state index in [1.165, 1.54) is 41.5 Å². The molecule has 0 radical (unpaired) electrons. The maximum atomic E-state index is 6.54. The molecule has 0 spiro atoms. The normalized spacial score (nSPS) is 17.7. The molecule has 0 saturated heterocycles. The van der Waals surface area contributed by atoms with Crippen LogP contribution in [0.2, 0.25) is 5.02 Å². The number of aryl methyl sites for hydroxylation is 2. The molecular formula is C20H21ClN2. The molecule has 3 heteroatoms. The summed E-state index contributed by atoms with van der Waals surface area (Å²) < 4.78 is 0. The second-order valence-electron chi connectivity index (χ2n) is 6.52. The Morgan fingerprint density at radius 2 is 1.83 bits per heavy atom. The molecule has 1 unspecified atom stereocenters. The number of hydrogen-bond donors (Lipinski definition) is 0. The van der Waals surface area contributed by atoms with Gasteiger partial charge in [-0.3, -0.25) is 0 Å². The fourth-order valence-corrected chi connectivity index (χ4v) is 3.97. The summed E-state index contributed by atoms with van der Waals surface area (Å²) in [6.45, 7) is 0.882. The highest BCUT2D eigenvalue weighted by molar-refractivity contribution is 6.31. The Hall–Kier alpha value is -1.93. The van der Waals surface area contributed by atoms with Crippen LogP contribution in [0.25, 0.3) is 0 Å². The molecule has 1 heterocycles. The van der Waals surface area contributed by atoms with Gasteiger partial charge in [0.15, 0.2) is 0 Å². The van der Waals surface area contributed by atoms with E-state index < -0.39 is 0 Å². The zero-order valence-electron chi connectivity index (χ0n) is 13.4. The van der Waals surface area contributed by atoms with E-state index in [0.717, 1.165) is 11.7 Å². The van der Waals surface area contributed by atoms with Crippen LogP contribution in [0.4, 0.5) is 0 Å². The maximum absolute atomic E-state index is 6.54. The third kappa shape index (κ3) is 2.72. The Morgan fingerprint density at radius 1 is 1.00 bits per heavy atom. The molecule has 4 rings (SSSR count). The van der Waals surface area contributed by atoms with Crippen molar-refractivity contribution in [3.63, 3.8) is 0 Å². The van der Waals surface area contributed by atoms with E-state index >= 15 is 0 Å². The molecule has 0 saturated carbocycles. The Balaban J connectivity index is 1.79. The molecule has 0 fully saturated rings. The molecule has 0 bridgehead atoms. The van der Waals surface area contributed by atoms with Crippen LogP contribution in [0.5, 0.6) is 0 Å². The van der Waals surface area contributed by atoms with Crippen molar-refractivity contribution in [3.05, 3.63) is 82.1 Å². The molecule has 2 aliphatic rings. The lowest BCUT2D eigenvalue weighted by molar-refractivity contribution is 0.257. The second kappa shape index (κ2) is 5.93. The molecule has 118 valence electrons. The van der Waals surface area contributed by atoms with Gasteiger partial charge in [-0.25, -0.2) is 0 Å². The summed E-state index contributed by atoms with van der Waals surface area (Å²) in [5.74, 6) is 0. The number of halogens is 1. The molecule has 1 aliphatic carbocycles. The first-order chi connectivity index (χ1) is 11.2. The summed E-state index contributed by atoms with van der Waals surface area (Å²) in [5, 5.41) is 0.834. The van der Waals surface area contributed by atoms with Crippen molar-refractivity contribution in [1.29, 1.82) is 0 Å². The van der Waals surface area contributed by atoms with Gasteiger partial charge in [0.05, 0.1) is 12.7 Å². The smallest absolute Gasteiger partial charge is 0.0899 e. The van der Waals surface area contributed by atoms with E-state index in [2.05, 4.69) is 59.6 Å². The van der Waals surface area contributed by atoms with Crippen molar-refractivity contribution in [2.75, 3.05) is 13.7 Å². The van der Waals surface area contributed by atoms with Crippen LogP contribution in [0.15, 0.2) is 54.9 Å². The van der Waals surface area contributed by atoms with Crippen molar-refractivity contribution < 1.29 is 0 Å². The first kappa shape index (κ1) is 14.6. The fourth-order valence-electron chi connectivity index (χ4n) is 3.73. The van der Waals surface area contributed by atoms with Crippen LogP contribution in [0.3, 0.4) is 0 Å². The van der Waals surface area contributed by atoms with Crippen LogP contribution >= 0.6 is 11.6 Å². The minimum Gasteiger partial charge on any atom is -0.362 e. The first-order valence-electron chi connectivity index (χ1n) is 8.23. The summed E-state index contributed by atoms with van der Waals surface area (Å²) in [6, 6.07) is 15.4. The third-order valence-electron chi connectivity index (χ3n) is 4.87. The summed E-state index contributed by atoms with van der Waals surface area (Å²) >= 11 is 6.54. The number of fused-ring (bicyclic) bond motifs is 1. The molecule has 0 aromatic heterocycles. The summed E-state index contributed by atoms with van der Waals surface area (Å²) in [6.07, 6.45) is 7.99. The zero-order chi connectivity index (χ0) is 15.8. The van der Waals surface area contributed by atoms with Crippen LogP contribution in [0, 0.1) is 0 Å². The highest BCUT2D eigenvalue weighted by Crippen LogP contribution is 2.36. The third-order valence-corrected chi connectivity index (χ3v) is 5.21. The molecule has 1 atom stereocenters. The Labute approximate surface area is 143 Å². The zero-order valence-corrected chi connectivity index (χ0v) is 14.1. The van der Waals surface area contributed by atoms with Gasteiger partial charge < -0.3 is 9.80 Å². The van der Waals surface area contributed by atoms with Gasteiger partial charge in [-0.2, -0.15) is 0 Å². The van der Waals surface area contributed by atoms with Crippen LogP contribution in [-0.2, 0) is 12.8 Å². The van der Waals surface area contributed by atoms with E-state index in [0.29, 0.717) is 0 Å². The Bertz CT molecular complexity index is 753. The van der Waals surface area contributed by atoms with Gasteiger partial charge in [0.1, 0.15) is 0 Å². The Kier molecular flexibility index (Phi) is 3.78. The predicted molar refractivity (Wildman–Crippen MR) is 95.4 cm³/mol. The first-order valence-corrected chi connectivity index (χ1v) is 8.60. The average molecular weight is 325 g/mol. The van der Waals surface area contributed by atoms with Crippen LogP contribution in [-0.4, -0.2) is 23.5 Å². The van der Waals surface area contributed by atoms with Crippen LogP contribution in [0.1, 0.15) is 34.7 Å². The largest absolute Gasteiger partial charge is 0.362 e. The lowest BCUT2D eigenvalue weighted by Gasteiger charge is -2.30. The topological polar surface area (TPSA) is 6.48 Å². The summed E-state index contributed by atoms with van der Waals surface area (Å²) in [7, 11) is 2.10. The number of nitrogens with zero attached hydrogens (tertiary/aromatic N) is 2. The van der Waals surface area contributed by atoms with Crippen LogP contribution < -0.4 is 0 Å². The monoisotopic (exact) mass is 324 g/mol. The van der Waals surface area contributed by atoms with E-state index in [9.17, 15) is 0 Å². The SMILES string of the molecule is CN1C=CN(C(c2ccc3c(c2)CCC3)c2ccccc2Cl)C1. The molecule has 0 amide bonds. The van der Waals surface area contributed by atoms with Crippen molar-refractivity contribution in [2.24, 2.45) is 0 Å². The van der Waals surface area contributed by atoms with Gasteiger partial charge in [0.25, 0.3) is 0 Å². The van der Waals surface area contributed by atoms with Crippen molar-refractivity contribution >= 4 is 11.6 Å². The number of hydrogen-bond acceptors (Lipinski definition) is 2. The molecule has 0 N–H and O–H groups in total. The molecule has 23 heavy (non-hydrogen) atoms. The molecule has 2 aromatic rings. The number of rotatable bonds is 3. The molecule has 2 nitrogen and oxygen atoms in total. The predicted octanol–water partition coefficient (Wildman–Crippen LogP) is 4.59. The van der Waals surface area contributed by atoms with E-state index in [-0.39, 0.29) is 6.04 Å². The molecule has 2 aromatic carbocycles. The van der Waals surface area contributed by atoms with Crippen molar-refractivity contribution in [3.8, 4) is 0 Å². The lowest BCUT2D eigenvalue weighted by atomic mass is 9.94.